The van der Waals surface area contributed by atoms with Crippen molar-refractivity contribution in [3.8, 4) is 11.5 Å². The fourth-order valence-corrected chi connectivity index (χ4v) is 1.85. The minimum Gasteiger partial charge on any atom is -0.497 e. The van der Waals surface area contributed by atoms with Gasteiger partial charge in [-0.25, -0.2) is 9.59 Å². The lowest BCUT2D eigenvalue weighted by Crippen LogP contribution is -2.10. The summed E-state index contributed by atoms with van der Waals surface area (Å²) in [7, 11) is 3.08. The van der Waals surface area contributed by atoms with Crippen molar-refractivity contribution in [3.63, 3.8) is 0 Å². The van der Waals surface area contributed by atoms with Crippen molar-refractivity contribution in [2.24, 2.45) is 0 Å². The van der Waals surface area contributed by atoms with Crippen LogP contribution in [0.4, 0.5) is 0 Å². The van der Waals surface area contributed by atoms with Crippen LogP contribution < -0.4 is 9.47 Å². The van der Waals surface area contributed by atoms with Gasteiger partial charge in [-0.15, -0.1) is 0 Å². The lowest BCUT2D eigenvalue weighted by molar-refractivity contribution is 0.0388. The fourth-order valence-electron chi connectivity index (χ4n) is 1.85. The van der Waals surface area contributed by atoms with Gasteiger partial charge in [-0.2, -0.15) is 0 Å². The molecular weight excluding hydrogens is 312 g/mol. The van der Waals surface area contributed by atoms with Crippen molar-refractivity contribution in [2.75, 3.05) is 27.4 Å². The monoisotopic (exact) mass is 330 g/mol. The number of carbonyl (C=O) groups is 2. The normalized spacial score (nSPS) is 10.1. The number of rotatable bonds is 7. The molecule has 0 radical (unpaired) electrons. The summed E-state index contributed by atoms with van der Waals surface area (Å²) >= 11 is 0. The molecule has 0 aliphatic rings. The van der Waals surface area contributed by atoms with Gasteiger partial charge in [0.25, 0.3) is 0 Å². The van der Waals surface area contributed by atoms with Gasteiger partial charge in [0, 0.05) is 7.11 Å². The van der Waals surface area contributed by atoms with Crippen LogP contribution in [-0.2, 0) is 9.47 Å². The van der Waals surface area contributed by atoms with Crippen LogP contribution in [0.5, 0.6) is 11.5 Å². The Kier molecular flexibility index (Phi) is 6.33. The highest BCUT2D eigenvalue weighted by molar-refractivity contribution is 5.92. The van der Waals surface area contributed by atoms with Gasteiger partial charge < -0.3 is 18.9 Å². The van der Waals surface area contributed by atoms with Gasteiger partial charge in [0.15, 0.2) is 0 Å². The van der Waals surface area contributed by atoms with E-state index in [0.717, 1.165) is 0 Å². The van der Waals surface area contributed by atoms with Crippen LogP contribution >= 0.6 is 0 Å². The summed E-state index contributed by atoms with van der Waals surface area (Å²) in [6.45, 7) is 0.521. The van der Waals surface area contributed by atoms with E-state index in [-0.39, 0.29) is 6.61 Å². The number of benzene rings is 2. The van der Waals surface area contributed by atoms with Gasteiger partial charge in [0.1, 0.15) is 18.1 Å². The zero-order valence-corrected chi connectivity index (χ0v) is 13.5. The summed E-state index contributed by atoms with van der Waals surface area (Å²) in [6.07, 6.45) is 0. The first-order valence-electron chi connectivity index (χ1n) is 7.26. The largest absolute Gasteiger partial charge is 0.497 e. The maximum Gasteiger partial charge on any atom is 0.343 e. The van der Waals surface area contributed by atoms with E-state index in [4.69, 9.17) is 18.9 Å². The molecule has 6 nitrogen and oxygen atoms in total. The molecule has 2 rings (SSSR count). The SMILES string of the molecule is COCCOC(=O)c1ccc(OC(=O)c2ccc(OC)cc2)cc1. The predicted octanol–water partition coefficient (Wildman–Crippen LogP) is 2.72. The molecule has 2 aromatic carbocycles. The summed E-state index contributed by atoms with van der Waals surface area (Å²) in [5.74, 6) is 0.0419. The van der Waals surface area contributed by atoms with Crippen LogP contribution in [0.15, 0.2) is 48.5 Å². The van der Waals surface area contributed by atoms with Gasteiger partial charge >= 0.3 is 11.9 Å². The molecule has 0 heterocycles. The third-order valence-corrected chi connectivity index (χ3v) is 3.15. The van der Waals surface area contributed by atoms with Crippen molar-refractivity contribution in [2.45, 2.75) is 0 Å². The molecule has 0 saturated heterocycles. The Morgan fingerprint density at radius 1 is 0.750 bits per heavy atom. The Morgan fingerprint density at radius 3 is 1.83 bits per heavy atom. The summed E-state index contributed by atoms with van der Waals surface area (Å²) in [6, 6.07) is 12.7. The second-order valence-electron chi connectivity index (χ2n) is 4.77. The number of ether oxygens (including phenoxy) is 4. The Labute approximate surface area is 139 Å². The molecule has 0 spiro atoms. The third kappa shape index (κ3) is 4.82. The molecule has 0 aliphatic carbocycles. The predicted molar refractivity (Wildman–Crippen MR) is 86.6 cm³/mol. The van der Waals surface area contributed by atoms with Crippen LogP contribution in [0.3, 0.4) is 0 Å². The second kappa shape index (κ2) is 8.69. The second-order valence-corrected chi connectivity index (χ2v) is 4.77. The van der Waals surface area contributed by atoms with E-state index in [9.17, 15) is 9.59 Å². The van der Waals surface area contributed by atoms with E-state index >= 15 is 0 Å². The summed E-state index contributed by atoms with van der Waals surface area (Å²) in [5, 5.41) is 0. The standard InChI is InChI=1S/C18H18O6/c1-21-11-12-23-17(19)13-5-9-16(10-6-13)24-18(20)14-3-7-15(22-2)8-4-14/h3-10H,11-12H2,1-2H3. The first-order chi connectivity index (χ1) is 11.6. The first-order valence-corrected chi connectivity index (χ1v) is 7.26. The van der Waals surface area contributed by atoms with Crippen molar-refractivity contribution in [1.29, 1.82) is 0 Å². The average molecular weight is 330 g/mol. The summed E-state index contributed by atoms with van der Waals surface area (Å²) < 4.78 is 20.1. The Hall–Kier alpha value is -2.86. The molecule has 0 unspecified atom stereocenters. The van der Waals surface area contributed by atoms with Crippen LogP contribution in [-0.4, -0.2) is 39.4 Å². The third-order valence-electron chi connectivity index (χ3n) is 3.15. The smallest absolute Gasteiger partial charge is 0.343 e. The molecular formula is C18H18O6. The van der Waals surface area contributed by atoms with Gasteiger partial charge in [-0.3, -0.25) is 0 Å². The van der Waals surface area contributed by atoms with Crippen molar-refractivity contribution >= 4 is 11.9 Å². The number of esters is 2. The van der Waals surface area contributed by atoms with Crippen molar-refractivity contribution in [3.05, 3.63) is 59.7 Å². The van der Waals surface area contributed by atoms with Crippen LogP contribution in [0.25, 0.3) is 0 Å². The van der Waals surface area contributed by atoms with Crippen LogP contribution in [0, 0.1) is 0 Å². The maximum atomic E-state index is 12.0. The minimum atomic E-state index is -0.493. The number of carbonyl (C=O) groups excluding carboxylic acids is 2. The van der Waals surface area contributed by atoms with Crippen LogP contribution in [0.2, 0.25) is 0 Å². The summed E-state index contributed by atoms with van der Waals surface area (Å²) in [4.78, 5) is 23.8. The van der Waals surface area contributed by atoms with Gasteiger partial charge in [-0.05, 0) is 48.5 Å². The highest BCUT2D eigenvalue weighted by atomic mass is 16.6. The van der Waals surface area contributed by atoms with E-state index in [1.807, 2.05) is 0 Å². The van der Waals surface area contributed by atoms with E-state index in [1.54, 1.807) is 31.4 Å². The van der Waals surface area contributed by atoms with Gasteiger partial charge in [0.05, 0.1) is 24.8 Å². The molecule has 126 valence electrons. The fraction of sp³-hybridized carbons (Fsp3) is 0.222. The number of hydrogen-bond donors (Lipinski definition) is 0. The quantitative estimate of drug-likeness (QED) is 0.442. The molecule has 6 heteroatoms. The molecule has 0 aromatic heterocycles. The molecule has 24 heavy (non-hydrogen) atoms. The van der Waals surface area contributed by atoms with Gasteiger partial charge in [0.2, 0.25) is 0 Å². The van der Waals surface area contributed by atoms with E-state index < -0.39 is 11.9 Å². The number of methoxy groups -OCH3 is 2. The topological polar surface area (TPSA) is 71.1 Å². The van der Waals surface area contributed by atoms with Gasteiger partial charge in [-0.1, -0.05) is 0 Å². The highest BCUT2D eigenvalue weighted by Gasteiger charge is 2.11. The molecule has 0 amide bonds. The lowest BCUT2D eigenvalue weighted by atomic mass is 10.2. The number of hydrogen-bond acceptors (Lipinski definition) is 6. The molecule has 0 N–H and O–H groups in total. The zero-order chi connectivity index (χ0) is 17.4. The molecule has 0 aliphatic heterocycles. The van der Waals surface area contributed by atoms with Crippen molar-refractivity contribution in [1.82, 2.24) is 0 Å². The Morgan fingerprint density at radius 2 is 1.29 bits per heavy atom. The van der Waals surface area contributed by atoms with E-state index in [1.165, 1.54) is 31.4 Å². The summed E-state index contributed by atoms with van der Waals surface area (Å²) in [5.41, 5.74) is 0.772. The average Bonchev–Trinajstić information content (AvgIpc) is 2.62. The lowest BCUT2D eigenvalue weighted by Gasteiger charge is -2.07. The molecule has 2 aromatic rings. The Balaban J connectivity index is 1.95. The maximum absolute atomic E-state index is 12.0. The zero-order valence-electron chi connectivity index (χ0n) is 13.5. The van der Waals surface area contributed by atoms with E-state index in [2.05, 4.69) is 0 Å². The molecule has 0 atom stereocenters. The highest BCUT2D eigenvalue weighted by Crippen LogP contribution is 2.17. The molecule has 0 saturated carbocycles. The van der Waals surface area contributed by atoms with Crippen molar-refractivity contribution < 1.29 is 28.5 Å². The van der Waals surface area contributed by atoms with Crippen LogP contribution in [0.1, 0.15) is 20.7 Å². The first kappa shape index (κ1) is 17.5. The molecule has 0 bridgehead atoms. The Bertz CT molecular complexity index is 676. The van der Waals surface area contributed by atoms with E-state index in [0.29, 0.717) is 29.2 Å². The molecule has 0 fully saturated rings. The minimum absolute atomic E-state index is 0.184.